The number of hydrogen-bond donors (Lipinski definition) is 2. The lowest BCUT2D eigenvalue weighted by Gasteiger charge is -2.15. The van der Waals surface area contributed by atoms with Gasteiger partial charge >= 0.3 is 0 Å². The van der Waals surface area contributed by atoms with Crippen LogP contribution in [0, 0.1) is 11.3 Å². The van der Waals surface area contributed by atoms with Crippen molar-refractivity contribution in [2.24, 2.45) is 0 Å². The Labute approximate surface area is 190 Å². The lowest BCUT2D eigenvalue weighted by atomic mass is 10.0. The van der Waals surface area contributed by atoms with Gasteiger partial charge in [-0.05, 0) is 24.1 Å². The number of hydrogen-bond acceptors (Lipinski definition) is 7. The van der Waals surface area contributed by atoms with Crippen molar-refractivity contribution >= 4 is 40.1 Å². The Kier molecular flexibility index (Phi) is 6.33. The maximum absolute atomic E-state index is 8.85. The van der Waals surface area contributed by atoms with E-state index in [2.05, 4.69) is 26.7 Å². The Morgan fingerprint density at radius 1 is 1.19 bits per heavy atom. The highest BCUT2D eigenvalue weighted by atomic mass is 35.5. The fourth-order valence-electron chi connectivity index (χ4n) is 3.77. The molecule has 1 fully saturated rings. The van der Waals surface area contributed by atoms with E-state index in [0.717, 1.165) is 29.4 Å². The van der Waals surface area contributed by atoms with Gasteiger partial charge in [-0.1, -0.05) is 29.3 Å². The van der Waals surface area contributed by atoms with Crippen LogP contribution in [-0.4, -0.2) is 42.8 Å². The molecular weight excluding hydrogens is 437 g/mol. The van der Waals surface area contributed by atoms with E-state index in [4.69, 9.17) is 37.9 Å². The van der Waals surface area contributed by atoms with E-state index in [1.54, 1.807) is 26.5 Å². The lowest BCUT2D eigenvalue weighted by molar-refractivity contribution is 0.395. The normalized spacial score (nSPS) is 18.0. The van der Waals surface area contributed by atoms with Gasteiger partial charge in [-0.25, -0.2) is 9.97 Å². The molecule has 1 aromatic heterocycles. The summed E-state index contributed by atoms with van der Waals surface area (Å²) in [5.41, 5.74) is 2.23. The van der Waals surface area contributed by atoms with Gasteiger partial charge in [-0.2, -0.15) is 5.26 Å². The smallest absolute Gasteiger partial charge is 0.223 e. The molecule has 7 nitrogen and oxygen atoms in total. The molecule has 160 valence electrons. The third-order valence-corrected chi connectivity index (χ3v) is 6.09. The van der Waals surface area contributed by atoms with Crippen LogP contribution in [0.1, 0.15) is 12.8 Å². The number of fused-ring (bicyclic) bond motifs is 1. The molecular formula is C22H21Cl2N5O2. The largest absolute Gasteiger partial charge is 0.495 e. The first kappa shape index (κ1) is 21.4. The van der Waals surface area contributed by atoms with Crippen LogP contribution in [0.15, 0.2) is 30.5 Å². The molecule has 2 unspecified atom stereocenters. The summed E-state index contributed by atoms with van der Waals surface area (Å²) in [6, 6.07) is 10.0. The summed E-state index contributed by atoms with van der Waals surface area (Å²) in [5, 5.41) is 17.2. The minimum absolute atomic E-state index is 0.192. The summed E-state index contributed by atoms with van der Waals surface area (Å²) in [6.45, 7) is 0.779. The zero-order chi connectivity index (χ0) is 22.0. The van der Waals surface area contributed by atoms with E-state index in [1.807, 2.05) is 18.2 Å². The molecule has 1 aliphatic rings. The molecule has 31 heavy (non-hydrogen) atoms. The number of rotatable bonds is 6. The summed E-state index contributed by atoms with van der Waals surface area (Å²) < 4.78 is 10.7. The molecule has 2 N–H and O–H groups in total. The van der Waals surface area contributed by atoms with Gasteiger partial charge in [0.2, 0.25) is 5.95 Å². The first-order chi connectivity index (χ1) is 15.0. The van der Waals surface area contributed by atoms with Crippen LogP contribution in [0.2, 0.25) is 10.0 Å². The first-order valence-corrected chi connectivity index (χ1v) is 10.5. The number of nitrogens with one attached hydrogen (secondary N) is 2. The summed E-state index contributed by atoms with van der Waals surface area (Å²) in [4.78, 5) is 9.08. The molecule has 2 atom stereocenters. The van der Waals surface area contributed by atoms with E-state index in [9.17, 15) is 0 Å². The zero-order valence-corrected chi connectivity index (χ0v) is 18.6. The van der Waals surface area contributed by atoms with Gasteiger partial charge < -0.3 is 20.1 Å². The minimum Gasteiger partial charge on any atom is -0.495 e. The van der Waals surface area contributed by atoms with E-state index in [1.165, 1.54) is 0 Å². The third kappa shape index (κ3) is 4.33. The second kappa shape index (κ2) is 9.15. The van der Waals surface area contributed by atoms with Crippen LogP contribution in [0.3, 0.4) is 0 Å². The van der Waals surface area contributed by atoms with Crippen LogP contribution in [0.4, 0.5) is 5.95 Å². The maximum atomic E-state index is 8.85. The number of methoxy groups -OCH3 is 2. The predicted molar refractivity (Wildman–Crippen MR) is 122 cm³/mol. The van der Waals surface area contributed by atoms with Crippen molar-refractivity contribution in [3.63, 3.8) is 0 Å². The van der Waals surface area contributed by atoms with Crippen molar-refractivity contribution < 1.29 is 9.47 Å². The van der Waals surface area contributed by atoms with Crippen molar-refractivity contribution in [2.75, 3.05) is 26.1 Å². The molecule has 0 radical (unpaired) electrons. The molecule has 0 spiro atoms. The van der Waals surface area contributed by atoms with Crippen LogP contribution in [0.5, 0.6) is 11.5 Å². The average molecular weight is 458 g/mol. The van der Waals surface area contributed by atoms with Crippen molar-refractivity contribution in [2.45, 2.75) is 24.9 Å². The SMILES string of the molecule is COc1cc(OC)c(Cl)c(-c2ccc3nc(NC4CNC(CC#N)C4)ncc3c2)c1Cl. The molecule has 0 saturated carbocycles. The van der Waals surface area contributed by atoms with E-state index >= 15 is 0 Å². The molecule has 1 saturated heterocycles. The number of benzene rings is 2. The van der Waals surface area contributed by atoms with Gasteiger partial charge in [-0.15, -0.1) is 0 Å². The number of halogens is 2. The Bertz CT molecular complexity index is 1140. The standard InChI is InChI=1S/C22H21Cl2N5O2/c1-30-17-9-18(31-2)21(24)19(20(17)23)12-3-4-16-13(7-12)10-27-22(29-16)28-15-8-14(5-6-25)26-11-15/h3-4,7,9-10,14-15,26H,5,8,11H2,1-2H3,(H,27,28,29). The van der Waals surface area contributed by atoms with Crippen molar-refractivity contribution in [1.82, 2.24) is 15.3 Å². The van der Waals surface area contributed by atoms with Gasteiger partial charge in [0.15, 0.2) is 0 Å². The van der Waals surface area contributed by atoms with Crippen molar-refractivity contribution in [3.8, 4) is 28.7 Å². The molecule has 0 amide bonds. The molecule has 2 aromatic carbocycles. The van der Waals surface area contributed by atoms with Gasteiger partial charge in [0.1, 0.15) is 11.5 Å². The van der Waals surface area contributed by atoms with Crippen LogP contribution >= 0.6 is 23.2 Å². The van der Waals surface area contributed by atoms with Crippen LogP contribution in [-0.2, 0) is 0 Å². The number of ether oxygens (including phenoxy) is 2. The Hall–Kier alpha value is -2.79. The molecule has 1 aliphatic heterocycles. The summed E-state index contributed by atoms with van der Waals surface area (Å²) in [7, 11) is 3.09. The van der Waals surface area contributed by atoms with Crippen molar-refractivity contribution in [1.29, 1.82) is 5.26 Å². The Balaban J connectivity index is 1.63. The lowest BCUT2D eigenvalue weighted by Crippen LogP contribution is -2.23. The molecule has 2 heterocycles. The highest BCUT2D eigenvalue weighted by molar-refractivity contribution is 6.41. The highest BCUT2D eigenvalue weighted by Crippen LogP contribution is 2.46. The average Bonchev–Trinajstić information content (AvgIpc) is 3.21. The van der Waals surface area contributed by atoms with Gasteiger partial charge in [0, 0.05) is 41.8 Å². The summed E-state index contributed by atoms with van der Waals surface area (Å²) in [5.74, 6) is 1.52. The van der Waals surface area contributed by atoms with E-state index in [0.29, 0.717) is 39.5 Å². The first-order valence-electron chi connectivity index (χ1n) is 9.78. The second-order valence-corrected chi connectivity index (χ2v) is 8.05. The van der Waals surface area contributed by atoms with Gasteiger partial charge in [-0.3, -0.25) is 0 Å². The fraction of sp³-hybridized carbons (Fsp3) is 0.318. The molecule has 3 aromatic rings. The highest BCUT2D eigenvalue weighted by Gasteiger charge is 2.24. The Morgan fingerprint density at radius 3 is 2.61 bits per heavy atom. The van der Waals surface area contributed by atoms with E-state index < -0.39 is 0 Å². The summed E-state index contributed by atoms with van der Waals surface area (Å²) in [6.07, 6.45) is 3.13. The predicted octanol–water partition coefficient (Wildman–Crippen LogP) is 4.68. The maximum Gasteiger partial charge on any atom is 0.223 e. The van der Waals surface area contributed by atoms with Crippen LogP contribution in [0.25, 0.3) is 22.0 Å². The zero-order valence-electron chi connectivity index (χ0n) is 17.1. The number of nitrogens with zero attached hydrogens (tertiary/aromatic N) is 3. The minimum atomic E-state index is 0.192. The molecule has 9 heteroatoms. The third-order valence-electron chi connectivity index (χ3n) is 5.34. The van der Waals surface area contributed by atoms with Gasteiger partial charge in [0.25, 0.3) is 0 Å². The fourth-order valence-corrected chi connectivity index (χ4v) is 4.49. The second-order valence-electron chi connectivity index (χ2n) is 7.30. The van der Waals surface area contributed by atoms with Crippen LogP contribution < -0.4 is 20.1 Å². The quantitative estimate of drug-likeness (QED) is 0.554. The molecule has 4 rings (SSSR count). The number of aromatic nitrogens is 2. The number of anilines is 1. The topological polar surface area (TPSA) is 92.1 Å². The monoisotopic (exact) mass is 457 g/mol. The molecule has 0 bridgehead atoms. The Morgan fingerprint density at radius 2 is 1.94 bits per heavy atom. The molecule has 0 aliphatic carbocycles. The number of nitriles is 1. The van der Waals surface area contributed by atoms with Crippen molar-refractivity contribution in [3.05, 3.63) is 40.5 Å². The van der Waals surface area contributed by atoms with E-state index in [-0.39, 0.29) is 12.1 Å². The van der Waals surface area contributed by atoms with Gasteiger partial charge in [0.05, 0.1) is 42.3 Å². The summed E-state index contributed by atoms with van der Waals surface area (Å²) >= 11 is 13.1.